The Bertz CT molecular complexity index is 811. The Kier molecular flexibility index (Phi) is 6.98. The molecule has 1 N–H and O–H groups in total. The molecule has 3 rings (SSSR count). The second-order valence-electron chi connectivity index (χ2n) is 8.11. The Morgan fingerprint density at radius 3 is 2.17 bits per heavy atom. The second-order valence-corrected chi connectivity index (χ2v) is 8.11. The first-order chi connectivity index (χ1) is 14.5. The fraction of sp³-hybridized carbons (Fsp3) is 0.500. The van der Waals surface area contributed by atoms with E-state index >= 15 is 0 Å². The van der Waals surface area contributed by atoms with E-state index in [1.165, 1.54) is 11.4 Å². The van der Waals surface area contributed by atoms with E-state index in [1.54, 1.807) is 0 Å². The smallest absolute Gasteiger partial charge is 0.348 e. The number of nitrogens with zero attached hydrogens (tertiary/aromatic N) is 3. The molecule has 0 unspecified atom stereocenters. The summed E-state index contributed by atoms with van der Waals surface area (Å²) in [4.78, 5) is 18.3. The van der Waals surface area contributed by atoms with Gasteiger partial charge in [-0.15, -0.1) is 0 Å². The van der Waals surface area contributed by atoms with Crippen LogP contribution in [-0.2, 0) is 4.79 Å². The molecule has 1 aliphatic rings. The van der Waals surface area contributed by atoms with Crippen LogP contribution in [0.5, 0.6) is 5.75 Å². The molecule has 0 atom stereocenters. The van der Waals surface area contributed by atoms with Crippen molar-refractivity contribution in [1.82, 2.24) is 9.47 Å². The molecule has 0 spiro atoms. The van der Waals surface area contributed by atoms with Gasteiger partial charge in [-0.2, -0.15) is 0 Å². The van der Waals surface area contributed by atoms with Gasteiger partial charge < -0.3 is 14.7 Å². The number of carbonyl (C=O) groups is 1. The molecular formula is C24H34N3O3+. The molecule has 1 fully saturated rings. The monoisotopic (exact) mass is 412 g/mol. The summed E-state index contributed by atoms with van der Waals surface area (Å²) in [6.45, 7) is 11.1. The van der Waals surface area contributed by atoms with Crippen LogP contribution in [0.2, 0.25) is 0 Å². The quantitative estimate of drug-likeness (QED) is 0.621. The van der Waals surface area contributed by atoms with Crippen LogP contribution < -0.4 is 14.1 Å². The van der Waals surface area contributed by atoms with E-state index in [4.69, 9.17) is 4.74 Å². The van der Waals surface area contributed by atoms with Crippen LogP contribution in [0.4, 0.5) is 11.4 Å². The molecule has 0 amide bonds. The number of pyridine rings is 1. The maximum atomic E-state index is 11.7. The summed E-state index contributed by atoms with van der Waals surface area (Å²) in [5, 5.41) is 9.64. The Morgan fingerprint density at radius 1 is 1.07 bits per heavy atom. The van der Waals surface area contributed by atoms with Gasteiger partial charge in [-0.05, 0) is 43.5 Å². The van der Waals surface area contributed by atoms with Crippen LogP contribution in [0, 0.1) is 0 Å². The topological polar surface area (TPSA) is 62.7 Å². The summed E-state index contributed by atoms with van der Waals surface area (Å²) in [5.74, 6) is -0.284. The van der Waals surface area contributed by atoms with Crippen molar-refractivity contribution in [2.45, 2.75) is 45.6 Å². The predicted molar refractivity (Wildman–Crippen MR) is 121 cm³/mol. The first-order valence-corrected chi connectivity index (χ1v) is 11.0. The van der Waals surface area contributed by atoms with Gasteiger partial charge in [0.2, 0.25) is 5.60 Å². The molecule has 0 bridgehead atoms. The minimum atomic E-state index is -1.16. The van der Waals surface area contributed by atoms with E-state index < -0.39 is 11.6 Å². The van der Waals surface area contributed by atoms with Crippen LogP contribution in [0.15, 0.2) is 48.8 Å². The number of benzene rings is 1. The van der Waals surface area contributed by atoms with Crippen molar-refractivity contribution in [3.8, 4) is 5.75 Å². The standard InChI is InChI=1S/C24H33N3O3/c1-4-17-27(18-15-26(16-19-27)20-11-13-25-14-12-20)21-7-9-22(10-8-21)30-24(5-2,6-3)23(28)29/h7-14H,4-6,15-19H2,1-3H3/p+1. The molecule has 1 aromatic heterocycles. The summed E-state index contributed by atoms with van der Waals surface area (Å²) in [6.07, 6.45) is 5.67. The molecule has 6 nitrogen and oxygen atoms in total. The van der Waals surface area contributed by atoms with E-state index in [9.17, 15) is 9.90 Å². The highest BCUT2D eigenvalue weighted by molar-refractivity contribution is 5.77. The van der Waals surface area contributed by atoms with E-state index in [0.29, 0.717) is 18.6 Å². The molecule has 162 valence electrons. The van der Waals surface area contributed by atoms with Gasteiger partial charge in [0.1, 0.15) is 24.5 Å². The highest BCUT2D eigenvalue weighted by Gasteiger charge is 2.38. The molecule has 30 heavy (non-hydrogen) atoms. The Labute approximate surface area is 179 Å². The number of ether oxygens (including phenoxy) is 1. The number of aromatic nitrogens is 1. The summed E-state index contributed by atoms with van der Waals surface area (Å²) in [7, 11) is 0. The number of rotatable bonds is 9. The van der Waals surface area contributed by atoms with E-state index in [-0.39, 0.29) is 0 Å². The van der Waals surface area contributed by atoms with Gasteiger partial charge in [-0.1, -0.05) is 20.8 Å². The molecule has 0 aliphatic carbocycles. The molecule has 6 heteroatoms. The Hall–Kier alpha value is -2.60. The van der Waals surface area contributed by atoms with Crippen molar-refractivity contribution in [3.63, 3.8) is 0 Å². The van der Waals surface area contributed by atoms with Crippen LogP contribution in [0.3, 0.4) is 0 Å². The summed E-state index contributed by atoms with van der Waals surface area (Å²) >= 11 is 0. The number of carboxylic acid groups (broad SMARTS) is 1. The van der Waals surface area contributed by atoms with E-state index in [2.05, 4.69) is 41.1 Å². The maximum Gasteiger partial charge on any atom is 0.348 e. The third-order valence-corrected chi connectivity index (χ3v) is 6.51. The van der Waals surface area contributed by atoms with Gasteiger partial charge in [0.15, 0.2) is 0 Å². The highest BCUT2D eigenvalue weighted by Crippen LogP contribution is 2.32. The number of piperazine rings is 1. The van der Waals surface area contributed by atoms with Gasteiger partial charge in [0.05, 0.1) is 19.6 Å². The SMILES string of the molecule is CCC[N+]1(c2ccc(OC(CC)(CC)C(=O)O)cc2)CCN(c2ccncc2)CC1. The number of hydrogen-bond acceptors (Lipinski definition) is 4. The predicted octanol–water partition coefficient (Wildman–Crippen LogP) is 4.34. The van der Waals surface area contributed by atoms with Crippen molar-refractivity contribution in [2.75, 3.05) is 37.6 Å². The average molecular weight is 413 g/mol. The minimum Gasteiger partial charge on any atom is -0.478 e. The number of anilines is 1. The average Bonchev–Trinajstić information content (AvgIpc) is 2.79. The van der Waals surface area contributed by atoms with Crippen molar-refractivity contribution < 1.29 is 14.6 Å². The number of quaternary nitrogens is 1. The summed E-state index contributed by atoms with van der Waals surface area (Å²) < 4.78 is 6.90. The van der Waals surface area contributed by atoms with E-state index in [0.717, 1.165) is 43.6 Å². The molecule has 1 aromatic carbocycles. The summed E-state index contributed by atoms with van der Waals surface area (Å²) in [5.41, 5.74) is 1.34. The fourth-order valence-electron chi connectivity index (χ4n) is 4.50. The van der Waals surface area contributed by atoms with Crippen LogP contribution in [-0.4, -0.2) is 54.4 Å². The van der Waals surface area contributed by atoms with Gasteiger partial charge in [0.25, 0.3) is 0 Å². The van der Waals surface area contributed by atoms with Gasteiger partial charge in [0, 0.05) is 30.2 Å². The molecular weight excluding hydrogens is 378 g/mol. The van der Waals surface area contributed by atoms with E-state index in [1.807, 2.05) is 38.4 Å². The lowest BCUT2D eigenvalue weighted by Gasteiger charge is -2.45. The maximum absolute atomic E-state index is 11.7. The van der Waals surface area contributed by atoms with Crippen LogP contribution in [0.25, 0.3) is 0 Å². The molecule has 0 radical (unpaired) electrons. The molecule has 2 heterocycles. The Morgan fingerprint density at radius 2 is 1.67 bits per heavy atom. The third-order valence-electron chi connectivity index (χ3n) is 6.51. The van der Waals surface area contributed by atoms with Gasteiger partial charge >= 0.3 is 5.97 Å². The largest absolute Gasteiger partial charge is 0.478 e. The summed E-state index contributed by atoms with van der Waals surface area (Å²) in [6, 6.07) is 12.2. The second kappa shape index (κ2) is 9.47. The minimum absolute atomic E-state index is 0.432. The van der Waals surface area contributed by atoms with Crippen LogP contribution in [0.1, 0.15) is 40.0 Å². The first-order valence-electron chi connectivity index (χ1n) is 11.0. The lowest BCUT2D eigenvalue weighted by Crippen LogP contribution is -2.61. The number of hydrogen-bond donors (Lipinski definition) is 1. The third kappa shape index (κ3) is 4.43. The lowest BCUT2D eigenvalue weighted by molar-refractivity contribution is -0.156. The lowest BCUT2D eigenvalue weighted by atomic mass is 9.97. The van der Waals surface area contributed by atoms with Crippen molar-refractivity contribution in [2.24, 2.45) is 0 Å². The fourth-order valence-corrected chi connectivity index (χ4v) is 4.50. The zero-order valence-electron chi connectivity index (χ0n) is 18.4. The van der Waals surface area contributed by atoms with Crippen molar-refractivity contribution in [3.05, 3.63) is 48.8 Å². The molecule has 0 saturated carbocycles. The van der Waals surface area contributed by atoms with Gasteiger partial charge in [-0.25, -0.2) is 4.79 Å². The number of carboxylic acids is 1. The number of aliphatic carboxylic acids is 1. The molecule has 1 aliphatic heterocycles. The van der Waals surface area contributed by atoms with Crippen LogP contribution >= 0.6 is 0 Å². The van der Waals surface area contributed by atoms with Crippen molar-refractivity contribution >= 4 is 17.3 Å². The van der Waals surface area contributed by atoms with Crippen molar-refractivity contribution in [1.29, 1.82) is 0 Å². The van der Waals surface area contributed by atoms with Gasteiger partial charge in [-0.3, -0.25) is 9.47 Å². The Balaban J connectivity index is 1.76. The normalized spacial score (nSPS) is 16.3. The molecule has 2 aromatic rings. The first kappa shape index (κ1) is 22.1. The zero-order chi connectivity index (χ0) is 21.6. The highest BCUT2D eigenvalue weighted by atomic mass is 16.5. The molecule has 1 saturated heterocycles. The zero-order valence-corrected chi connectivity index (χ0v) is 18.4.